The Labute approximate surface area is 228 Å². The second-order valence-electron chi connectivity index (χ2n) is 8.54. The lowest BCUT2D eigenvalue weighted by Gasteiger charge is -2.26. The predicted octanol–water partition coefficient (Wildman–Crippen LogP) is 11.1. The molecule has 1 aromatic carbocycles. The van der Waals surface area contributed by atoms with E-state index in [9.17, 15) is 0 Å². The van der Waals surface area contributed by atoms with Gasteiger partial charge in [-0.3, -0.25) is 0 Å². The zero-order valence-corrected chi connectivity index (χ0v) is 26.3. The summed E-state index contributed by atoms with van der Waals surface area (Å²) in [5.74, 6) is 0.654. The van der Waals surface area contributed by atoms with Gasteiger partial charge in [-0.2, -0.15) is 0 Å². The molecule has 0 unspecified atom stereocenters. The summed E-state index contributed by atoms with van der Waals surface area (Å²) in [6.45, 7) is 39.5. The molecule has 1 aliphatic rings. The van der Waals surface area contributed by atoms with E-state index in [1.165, 1.54) is 40.8 Å². The lowest BCUT2D eigenvalue weighted by Crippen LogP contribution is -2.27. The molecule has 0 atom stereocenters. The van der Waals surface area contributed by atoms with Crippen LogP contribution < -0.4 is 0 Å². The van der Waals surface area contributed by atoms with Crippen molar-refractivity contribution in [2.75, 3.05) is 20.1 Å². The van der Waals surface area contributed by atoms with E-state index in [0.717, 1.165) is 18.5 Å². The molecule has 0 saturated carbocycles. The maximum Gasteiger partial charge on any atom is 0.0232 e. The molecule has 0 spiro atoms. The number of benzene rings is 1. The Morgan fingerprint density at radius 1 is 1.00 bits per heavy atom. The van der Waals surface area contributed by atoms with Crippen molar-refractivity contribution in [3.63, 3.8) is 0 Å². The number of likely N-dealkylation sites (N-methyl/N-ethyl adjacent to an activating group) is 1. The Balaban J connectivity index is -0.000000193. The van der Waals surface area contributed by atoms with Gasteiger partial charge in [-0.25, -0.2) is 0 Å². The molecule has 0 aliphatic carbocycles. The van der Waals surface area contributed by atoms with Gasteiger partial charge >= 0.3 is 0 Å². The predicted molar refractivity (Wildman–Crippen MR) is 172 cm³/mol. The Morgan fingerprint density at radius 2 is 1.47 bits per heavy atom. The summed E-state index contributed by atoms with van der Waals surface area (Å²) in [6, 6.07) is 8.89. The van der Waals surface area contributed by atoms with Gasteiger partial charge in [0.15, 0.2) is 0 Å². The van der Waals surface area contributed by atoms with Crippen molar-refractivity contribution in [3.8, 4) is 0 Å². The Morgan fingerprint density at radius 3 is 1.75 bits per heavy atom. The second-order valence-corrected chi connectivity index (χ2v) is 8.54. The van der Waals surface area contributed by atoms with E-state index in [2.05, 4.69) is 97.1 Å². The van der Waals surface area contributed by atoms with Crippen LogP contribution >= 0.6 is 0 Å². The number of hydrogen-bond donors (Lipinski definition) is 0. The number of nitrogens with zero attached hydrogens (tertiary/aromatic N) is 1. The molecule has 206 valence electrons. The van der Waals surface area contributed by atoms with Crippen LogP contribution in [0.15, 0.2) is 97.2 Å². The van der Waals surface area contributed by atoms with E-state index in [1.54, 1.807) is 18.2 Å². The van der Waals surface area contributed by atoms with Crippen LogP contribution in [0.2, 0.25) is 0 Å². The quantitative estimate of drug-likeness (QED) is 0.290. The molecule has 1 aliphatic heterocycles. The van der Waals surface area contributed by atoms with Crippen LogP contribution in [0.25, 0.3) is 0 Å². The van der Waals surface area contributed by atoms with Crippen LogP contribution in [0.1, 0.15) is 99.6 Å². The highest BCUT2D eigenvalue weighted by Gasteiger charge is 2.12. The van der Waals surface area contributed by atoms with Crippen LogP contribution in [-0.2, 0) is 6.42 Å². The average Bonchev–Trinajstić information content (AvgIpc) is 2.89. The van der Waals surface area contributed by atoms with E-state index < -0.39 is 0 Å². The van der Waals surface area contributed by atoms with Crippen molar-refractivity contribution in [1.29, 1.82) is 0 Å². The van der Waals surface area contributed by atoms with E-state index >= 15 is 0 Å². The number of aryl methyl sites for hydroxylation is 1. The fourth-order valence-electron chi connectivity index (χ4n) is 2.88. The number of hydrogen-bond acceptors (Lipinski definition) is 1. The molecule has 0 amide bonds. The molecule has 0 bridgehead atoms. The Kier molecular flexibility index (Phi) is 32.7. The number of rotatable bonds is 5. The molecule has 0 N–H and O–H groups in total. The van der Waals surface area contributed by atoms with Crippen LogP contribution in [-0.4, -0.2) is 25.0 Å². The monoisotopic (exact) mass is 495 g/mol. The van der Waals surface area contributed by atoms with Gasteiger partial charge in [0.05, 0.1) is 0 Å². The third-order valence-electron chi connectivity index (χ3n) is 5.08. The summed E-state index contributed by atoms with van der Waals surface area (Å²) in [4.78, 5) is 2.34. The van der Waals surface area contributed by atoms with Gasteiger partial charge in [-0.05, 0) is 70.2 Å². The van der Waals surface area contributed by atoms with Gasteiger partial charge in [0.1, 0.15) is 0 Å². The third kappa shape index (κ3) is 23.4. The molecule has 1 aromatic rings. The summed E-state index contributed by atoms with van der Waals surface area (Å²) in [5.41, 5.74) is 8.22. The van der Waals surface area contributed by atoms with Crippen molar-refractivity contribution < 1.29 is 0 Å². The van der Waals surface area contributed by atoms with Crippen molar-refractivity contribution in [3.05, 3.63) is 108 Å². The van der Waals surface area contributed by atoms with Crippen molar-refractivity contribution in [1.82, 2.24) is 4.90 Å². The highest BCUT2D eigenvalue weighted by Crippen LogP contribution is 2.21. The van der Waals surface area contributed by atoms with E-state index in [1.807, 2.05) is 47.6 Å². The first-order valence-electron chi connectivity index (χ1n) is 13.7. The molecule has 2 rings (SSSR count). The summed E-state index contributed by atoms with van der Waals surface area (Å²) < 4.78 is 0. The largest absolute Gasteiger partial charge is 0.302 e. The zero-order chi connectivity index (χ0) is 29.1. The lowest BCUT2D eigenvalue weighted by molar-refractivity contribution is 0.350. The van der Waals surface area contributed by atoms with Gasteiger partial charge in [-0.15, -0.1) is 6.58 Å². The molecular formula is C35H61N. The van der Waals surface area contributed by atoms with Gasteiger partial charge in [0.25, 0.3) is 0 Å². The Bertz CT molecular complexity index is 741. The molecular weight excluding hydrogens is 434 g/mol. The maximum absolute atomic E-state index is 3.98. The zero-order valence-electron chi connectivity index (χ0n) is 26.3. The molecule has 0 fully saturated rings. The normalized spacial score (nSPS) is 12.3. The first-order valence-corrected chi connectivity index (χ1v) is 13.7. The molecule has 36 heavy (non-hydrogen) atoms. The topological polar surface area (TPSA) is 3.24 Å². The van der Waals surface area contributed by atoms with Crippen molar-refractivity contribution in [2.45, 2.75) is 94.9 Å². The highest BCUT2D eigenvalue weighted by molar-refractivity contribution is 5.33. The van der Waals surface area contributed by atoms with E-state index in [-0.39, 0.29) is 0 Å². The van der Waals surface area contributed by atoms with Gasteiger partial charge in [0, 0.05) is 13.1 Å². The molecule has 1 heterocycles. The summed E-state index contributed by atoms with van der Waals surface area (Å²) in [7, 11) is 2.16. The molecule has 0 saturated heterocycles. The maximum atomic E-state index is 3.98. The van der Waals surface area contributed by atoms with Gasteiger partial charge in [-0.1, -0.05) is 133 Å². The van der Waals surface area contributed by atoms with Gasteiger partial charge in [0.2, 0.25) is 0 Å². The summed E-state index contributed by atoms with van der Waals surface area (Å²) in [5, 5.41) is 0. The van der Waals surface area contributed by atoms with Gasteiger partial charge < -0.3 is 4.90 Å². The minimum Gasteiger partial charge on any atom is -0.302 e. The summed E-state index contributed by atoms with van der Waals surface area (Å²) >= 11 is 0. The second kappa shape index (κ2) is 28.9. The summed E-state index contributed by atoms with van der Waals surface area (Å²) in [6.07, 6.45) is 9.54. The minimum atomic E-state index is 0.654. The molecule has 0 radical (unpaired) electrons. The van der Waals surface area contributed by atoms with E-state index in [4.69, 9.17) is 0 Å². The highest BCUT2D eigenvalue weighted by atomic mass is 15.1. The Hall–Kier alpha value is -2.38. The third-order valence-corrected chi connectivity index (χ3v) is 5.08. The molecule has 1 heteroatoms. The van der Waals surface area contributed by atoms with Crippen LogP contribution in [0.5, 0.6) is 0 Å². The van der Waals surface area contributed by atoms with Crippen LogP contribution in [0, 0.1) is 0 Å². The first kappa shape index (κ1) is 40.8. The standard InChI is InChI=1S/C11H16.C10H17N.C7H10.C3H6.2C2H6/c1-4-10-5-7-11(8-6-10)9(2)3;1-8(2)10-7-11(4)6-5-9(10)3;1-4-6-7(3)5-2;1-3-2;2*1-2/h5-9H,4H2,1-3H3;1,5-7H2,2-4H3;4-6H,1-2H2,3H3;3H,1H2,2H3;2*1-2H3/b;;7-6-;;;. The molecule has 0 aromatic heterocycles. The van der Waals surface area contributed by atoms with Crippen LogP contribution in [0.4, 0.5) is 0 Å². The lowest BCUT2D eigenvalue weighted by atomic mass is 9.97. The fourth-order valence-corrected chi connectivity index (χ4v) is 2.88. The molecule has 1 nitrogen and oxygen atoms in total. The fraction of sp³-hybridized carbons (Fsp3) is 0.486. The average molecular weight is 496 g/mol. The van der Waals surface area contributed by atoms with Crippen LogP contribution in [0.3, 0.4) is 0 Å². The smallest absolute Gasteiger partial charge is 0.0232 e. The van der Waals surface area contributed by atoms with E-state index in [0.29, 0.717) is 5.92 Å². The van der Waals surface area contributed by atoms with Crippen molar-refractivity contribution in [2.24, 2.45) is 0 Å². The van der Waals surface area contributed by atoms with Crippen molar-refractivity contribution >= 4 is 0 Å². The SMILES string of the molecule is C=C(C)C1=C(C)CCN(C)C1.C=C/C=C(/C)C=C.C=CC.CC.CC.CCc1ccc(C(C)C)cc1. The first-order chi connectivity index (χ1) is 17.1. The number of allylic oxidation sites excluding steroid dienone is 5. The minimum absolute atomic E-state index is 0.654.